The van der Waals surface area contributed by atoms with Gasteiger partial charge in [0.2, 0.25) is 0 Å². The number of anilines is 2. The zero-order valence-electron chi connectivity index (χ0n) is 19.2. The molecule has 0 bridgehead atoms. The van der Waals surface area contributed by atoms with E-state index in [9.17, 15) is 14.0 Å². The van der Waals surface area contributed by atoms with Crippen LogP contribution in [0.25, 0.3) is 0 Å². The molecule has 2 aromatic carbocycles. The Morgan fingerprint density at radius 1 is 1.22 bits per heavy atom. The first-order valence-electron chi connectivity index (χ1n) is 10.9. The molecule has 0 aliphatic carbocycles. The van der Waals surface area contributed by atoms with Gasteiger partial charge in [-0.15, -0.1) is 22.7 Å². The van der Waals surface area contributed by atoms with E-state index in [1.54, 1.807) is 37.4 Å². The van der Waals surface area contributed by atoms with E-state index in [0.29, 0.717) is 21.3 Å². The molecule has 3 heterocycles. The fraction of sp³-hybridized carbons (Fsp3) is 0.160. The average molecular weight is 543 g/mol. The number of carbonyl (C=O) groups excluding carboxylic acids is 2. The highest BCUT2D eigenvalue weighted by atomic mass is 35.5. The van der Waals surface area contributed by atoms with Crippen LogP contribution in [0.2, 0.25) is 4.34 Å². The third-order valence-electron chi connectivity index (χ3n) is 5.64. The van der Waals surface area contributed by atoms with Crippen LogP contribution in [0.3, 0.4) is 0 Å². The molecule has 0 saturated carbocycles. The van der Waals surface area contributed by atoms with Crippen molar-refractivity contribution in [1.29, 1.82) is 0 Å². The predicted octanol–water partition coefficient (Wildman–Crippen LogP) is 5.86. The summed E-state index contributed by atoms with van der Waals surface area (Å²) >= 11 is 8.98. The van der Waals surface area contributed by atoms with E-state index in [2.05, 4.69) is 15.6 Å². The van der Waals surface area contributed by atoms with Gasteiger partial charge in [0.15, 0.2) is 6.73 Å². The Labute approximate surface area is 219 Å². The summed E-state index contributed by atoms with van der Waals surface area (Å²) in [5, 5.41) is 8.46. The monoisotopic (exact) mass is 542 g/mol. The van der Waals surface area contributed by atoms with Gasteiger partial charge in [0.1, 0.15) is 22.6 Å². The van der Waals surface area contributed by atoms with Crippen LogP contribution in [0.5, 0.6) is 5.75 Å². The topological polar surface area (TPSA) is 83.6 Å². The van der Waals surface area contributed by atoms with Crippen LogP contribution in [-0.2, 0) is 0 Å². The number of amides is 2. The van der Waals surface area contributed by atoms with E-state index >= 15 is 0 Å². The highest BCUT2D eigenvalue weighted by Gasteiger charge is 2.29. The summed E-state index contributed by atoms with van der Waals surface area (Å²) in [4.78, 5) is 32.9. The van der Waals surface area contributed by atoms with Crippen LogP contribution in [-0.4, -0.2) is 30.6 Å². The zero-order chi connectivity index (χ0) is 25.4. The first-order valence-corrected chi connectivity index (χ1v) is 13.0. The number of hydrogen-bond acceptors (Lipinski definition) is 7. The van der Waals surface area contributed by atoms with Gasteiger partial charge in [-0.3, -0.25) is 14.5 Å². The van der Waals surface area contributed by atoms with Gasteiger partial charge in [-0.25, -0.2) is 9.37 Å². The summed E-state index contributed by atoms with van der Waals surface area (Å²) in [7, 11) is 1.59. The molecule has 0 saturated heterocycles. The lowest BCUT2D eigenvalue weighted by atomic mass is 10.1. The maximum absolute atomic E-state index is 14.2. The van der Waals surface area contributed by atoms with Crippen molar-refractivity contribution in [2.75, 3.05) is 24.0 Å². The zero-order valence-corrected chi connectivity index (χ0v) is 21.6. The number of fused-ring (bicyclic) bond motifs is 1. The third kappa shape index (κ3) is 4.67. The first kappa shape index (κ1) is 24.2. The Morgan fingerprint density at radius 2 is 2.00 bits per heavy atom. The van der Waals surface area contributed by atoms with Crippen molar-refractivity contribution in [2.24, 2.45) is 0 Å². The lowest BCUT2D eigenvalue weighted by Crippen LogP contribution is -2.38. The highest BCUT2D eigenvalue weighted by Crippen LogP contribution is 2.34. The number of aromatic nitrogens is 1. The second kappa shape index (κ2) is 9.88. The maximum atomic E-state index is 14.2. The van der Waals surface area contributed by atoms with Crippen LogP contribution in [0.15, 0.2) is 53.9 Å². The van der Waals surface area contributed by atoms with Crippen molar-refractivity contribution >= 4 is 57.5 Å². The normalized spacial score (nSPS) is 13.7. The predicted molar refractivity (Wildman–Crippen MR) is 140 cm³/mol. The molecule has 7 nitrogen and oxygen atoms in total. The van der Waals surface area contributed by atoms with Gasteiger partial charge in [-0.2, -0.15) is 0 Å². The van der Waals surface area contributed by atoms with E-state index in [1.165, 1.54) is 33.6 Å². The molecule has 184 valence electrons. The minimum Gasteiger partial charge on any atom is -0.472 e. The summed E-state index contributed by atoms with van der Waals surface area (Å²) in [6.45, 7) is 1.87. The molecule has 1 aliphatic heterocycles. The number of thiophene rings is 1. The van der Waals surface area contributed by atoms with Gasteiger partial charge < -0.3 is 15.4 Å². The molecule has 1 aliphatic rings. The largest absolute Gasteiger partial charge is 0.472 e. The van der Waals surface area contributed by atoms with Crippen molar-refractivity contribution in [3.63, 3.8) is 0 Å². The van der Waals surface area contributed by atoms with Crippen LogP contribution in [0.1, 0.15) is 42.3 Å². The fourth-order valence-electron chi connectivity index (χ4n) is 3.81. The molecule has 4 aromatic rings. The minimum atomic E-state index is -0.543. The van der Waals surface area contributed by atoms with Crippen LogP contribution in [0, 0.1) is 12.7 Å². The molecule has 1 unspecified atom stereocenters. The molecule has 0 fully saturated rings. The molecular formula is C25H20ClFN4O3S2. The number of ether oxygens (including phenoxy) is 1. The molecule has 1 atom stereocenters. The first-order chi connectivity index (χ1) is 17.3. The lowest BCUT2D eigenvalue weighted by Gasteiger charge is -2.29. The van der Waals surface area contributed by atoms with Crippen molar-refractivity contribution < 1.29 is 18.7 Å². The van der Waals surface area contributed by atoms with E-state index < -0.39 is 11.9 Å². The number of thiazole rings is 1. The van der Waals surface area contributed by atoms with Crippen LogP contribution >= 0.6 is 34.3 Å². The van der Waals surface area contributed by atoms with Crippen LogP contribution < -0.4 is 20.3 Å². The molecule has 2 N–H and O–H groups in total. The molecule has 36 heavy (non-hydrogen) atoms. The van der Waals surface area contributed by atoms with E-state index in [1.807, 2.05) is 18.4 Å². The number of hydrogen-bond donors (Lipinski definition) is 2. The number of nitrogens with zero attached hydrogens (tertiary/aromatic N) is 2. The minimum absolute atomic E-state index is 0.0310. The second-order valence-electron chi connectivity index (χ2n) is 8.01. The number of carbonyl (C=O) groups is 2. The molecule has 11 heteroatoms. The standard InChI is InChI=1S/C25H20ClFN4O3S2/c1-13-11-35-24(29-13)22(20-7-8-21(26)36-20)30-23(32)14-3-5-15(6-4-14)31-12-34-19-10-18(28-2)17(27)9-16(19)25(31)33/h3-11,22,28H,12H2,1-2H3,(H,30,32). The van der Waals surface area contributed by atoms with Gasteiger partial charge in [0.25, 0.3) is 11.8 Å². The Kier molecular flexibility index (Phi) is 6.65. The van der Waals surface area contributed by atoms with Crippen LogP contribution in [0.4, 0.5) is 15.8 Å². The summed E-state index contributed by atoms with van der Waals surface area (Å²) in [5.41, 5.74) is 2.20. The quantitative estimate of drug-likeness (QED) is 0.319. The lowest BCUT2D eigenvalue weighted by molar-refractivity contribution is 0.0932. The number of aryl methyl sites for hydroxylation is 1. The van der Waals surface area contributed by atoms with Crippen molar-refractivity contribution in [3.8, 4) is 5.75 Å². The van der Waals surface area contributed by atoms with E-state index in [0.717, 1.165) is 21.6 Å². The summed E-state index contributed by atoms with van der Waals surface area (Å²) in [6, 6.07) is 12.4. The summed E-state index contributed by atoms with van der Waals surface area (Å²) < 4.78 is 20.5. The maximum Gasteiger partial charge on any atom is 0.264 e. The van der Waals surface area contributed by atoms with Gasteiger partial charge in [-0.1, -0.05) is 11.6 Å². The number of rotatable bonds is 6. The number of nitrogens with one attached hydrogen (secondary N) is 2. The molecule has 0 spiro atoms. The summed E-state index contributed by atoms with van der Waals surface area (Å²) in [6.07, 6.45) is 0. The molecular weight excluding hydrogens is 523 g/mol. The fourth-order valence-corrected chi connectivity index (χ4v) is 5.86. The van der Waals surface area contributed by atoms with E-state index in [-0.39, 0.29) is 29.8 Å². The van der Waals surface area contributed by atoms with Crippen molar-refractivity contribution in [1.82, 2.24) is 10.3 Å². The number of benzene rings is 2. The van der Waals surface area contributed by atoms with Crippen molar-refractivity contribution in [2.45, 2.75) is 13.0 Å². The SMILES string of the molecule is CNc1cc2c(cc1F)C(=O)N(c1ccc(C(=O)NC(c3ccc(Cl)s3)c3nc(C)cs3)cc1)CO2. The van der Waals surface area contributed by atoms with Gasteiger partial charge in [0.05, 0.1) is 15.6 Å². The molecule has 2 aromatic heterocycles. The second-order valence-corrected chi connectivity index (χ2v) is 10.6. The number of halogens is 2. The Morgan fingerprint density at radius 3 is 2.64 bits per heavy atom. The Balaban J connectivity index is 1.35. The highest BCUT2D eigenvalue weighted by molar-refractivity contribution is 7.16. The Bertz CT molecular complexity index is 1410. The average Bonchev–Trinajstić information content (AvgIpc) is 3.51. The van der Waals surface area contributed by atoms with Crippen molar-refractivity contribution in [3.05, 3.63) is 90.8 Å². The van der Waals surface area contributed by atoms with Gasteiger partial charge in [0, 0.05) is 40.3 Å². The van der Waals surface area contributed by atoms with Gasteiger partial charge >= 0.3 is 0 Å². The Hall–Kier alpha value is -3.47. The third-order valence-corrected chi connectivity index (χ3v) is 7.97. The van der Waals surface area contributed by atoms with Gasteiger partial charge in [-0.05, 0) is 49.4 Å². The smallest absolute Gasteiger partial charge is 0.264 e. The van der Waals surface area contributed by atoms with E-state index in [4.69, 9.17) is 16.3 Å². The molecule has 2 amide bonds. The summed E-state index contributed by atoms with van der Waals surface area (Å²) in [5.74, 6) is -0.907. The molecule has 0 radical (unpaired) electrons. The molecule has 5 rings (SSSR count).